The van der Waals surface area contributed by atoms with E-state index in [0.29, 0.717) is 6.61 Å². The minimum atomic E-state index is 0.151. The van der Waals surface area contributed by atoms with E-state index in [2.05, 4.69) is 32.1 Å². The molecule has 0 saturated heterocycles. The van der Waals surface area contributed by atoms with Gasteiger partial charge in [0.25, 0.3) is 0 Å². The Morgan fingerprint density at radius 1 is 1.33 bits per heavy atom. The summed E-state index contributed by atoms with van der Waals surface area (Å²) in [5.41, 5.74) is 8.93. The van der Waals surface area contributed by atoms with Gasteiger partial charge in [0.15, 0.2) is 0 Å². The Bertz CT molecular complexity index is 448. The number of hydrogen-bond acceptors (Lipinski definition) is 2. The zero-order valence-electron chi connectivity index (χ0n) is 11.6. The molecule has 0 fully saturated rings. The van der Waals surface area contributed by atoms with Gasteiger partial charge in [-0.15, -0.1) is 0 Å². The van der Waals surface area contributed by atoms with Crippen LogP contribution < -0.4 is 10.5 Å². The second-order valence-corrected chi connectivity index (χ2v) is 5.83. The van der Waals surface area contributed by atoms with Gasteiger partial charge in [-0.05, 0) is 36.8 Å². The molecule has 0 radical (unpaired) electrons. The number of nitrogens with two attached hydrogens (primary N) is 1. The van der Waals surface area contributed by atoms with Gasteiger partial charge >= 0.3 is 0 Å². The van der Waals surface area contributed by atoms with Crippen LogP contribution in [0.15, 0.2) is 30.3 Å². The first kappa shape index (κ1) is 13.2. The maximum atomic E-state index is 6.14. The zero-order valence-corrected chi connectivity index (χ0v) is 11.6. The SMILES string of the molecule is CCOc1ccccc1C1=CC(N)CC(C)(C)C1. The molecule has 0 spiro atoms. The second-order valence-electron chi connectivity index (χ2n) is 5.83. The molecule has 1 aliphatic rings. The maximum Gasteiger partial charge on any atom is 0.126 e. The summed E-state index contributed by atoms with van der Waals surface area (Å²) in [6.07, 6.45) is 4.31. The van der Waals surface area contributed by atoms with E-state index in [0.717, 1.165) is 18.6 Å². The van der Waals surface area contributed by atoms with E-state index >= 15 is 0 Å². The van der Waals surface area contributed by atoms with Crippen LogP contribution in [0.1, 0.15) is 39.2 Å². The first-order chi connectivity index (χ1) is 8.52. The van der Waals surface area contributed by atoms with Crippen molar-refractivity contribution < 1.29 is 4.74 Å². The maximum absolute atomic E-state index is 6.14. The molecule has 1 aromatic rings. The molecule has 0 aromatic heterocycles. The van der Waals surface area contributed by atoms with Crippen molar-refractivity contribution in [3.8, 4) is 5.75 Å². The van der Waals surface area contributed by atoms with Gasteiger partial charge in [0.1, 0.15) is 5.75 Å². The van der Waals surface area contributed by atoms with E-state index in [4.69, 9.17) is 10.5 Å². The quantitative estimate of drug-likeness (QED) is 0.882. The molecule has 1 aliphatic carbocycles. The van der Waals surface area contributed by atoms with E-state index in [1.54, 1.807) is 0 Å². The van der Waals surface area contributed by atoms with Crippen LogP contribution in [-0.2, 0) is 0 Å². The lowest BCUT2D eigenvalue weighted by Gasteiger charge is -2.33. The topological polar surface area (TPSA) is 35.2 Å². The molecule has 0 amide bonds. The zero-order chi connectivity index (χ0) is 13.2. The molecule has 1 aromatic carbocycles. The molecule has 0 heterocycles. The number of allylic oxidation sites excluding steroid dienone is 1. The lowest BCUT2D eigenvalue weighted by atomic mass is 9.74. The number of benzene rings is 1. The number of hydrogen-bond donors (Lipinski definition) is 1. The smallest absolute Gasteiger partial charge is 0.126 e. The fourth-order valence-corrected chi connectivity index (χ4v) is 2.80. The summed E-state index contributed by atoms with van der Waals surface area (Å²) in [6.45, 7) is 7.27. The summed E-state index contributed by atoms with van der Waals surface area (Å²) in [4.78, 5) is 0. The molecular formula is C16H23NO. The summed E-state index contributed by atoms with van der Waals surface area (Å²) in [7, 11) is 0. The fourth-order valence-electron chi connectivity index (χ4n) is 2.80. The largest absolute Gasteiger partial charge is 0.493 e. The predicted octanol–water partition coefficient (Wildman–Crippen LogP) is 3.62. The lowest BCUT2D eigenvalue weighted by molar-refractivity contribution is 0.315. The Kier molecular flexibility index (Phi) is 3.76. The fraction of sp³-hybridized carbons (Fsp3) is 0.500. The van der Waals surface area contributed by atoms with E-state index < -0.39 is 0 Å². The number of rotatable bonds is 3. The van der Waals surface area contributed by atoms with Crippen LogP contribution in [0.5, 0.6) is 5.75 Å². The third kappa shape index (κ3) is 2.94. The van der Waals surface area contributed by atoms with Gasteiger partial charge in [-0.1, -0.05) is 38.1 Å². The molecular weight excluding hydrogens is 222 g/mol. The third-order valence-corrected chi connectivity index (χ3v) is 3.41. The highest BCUT2D eigenvalue weighted by Gasteiger charge is 2.28. The average Bonchev–Trinajstić information content (AvgIpc) is 2.27. The van der Waals surface area contributed by atoms with Crippen LogP contribution in [0.2, 0.25) is 0 Å². The molecule has 0 bridgehead atoms. The summed E-state index contributed by atoms with van der Waals surface area (Å²) in [5.74, 6) is 0.969. The Morgan fingerprint density at radius 3 is 2.72 bits per heavy atom. The summed E-state index contributed by atoms with van der Waals surface area (Å²) < 4.78 is 5.71. The minimum absolute atomic E-state index is 0.151. The number of para-hydroxylation sites is 1. The van der Waals surface area contributed by atoms with Crippen molar-refractivity contribution in [1.29, 1.82) is 0 Å². The van der Waals surface area contributed by atoms with E-state index in [1.165, 1.54) is 11.1 Å². The van der Waals surface area contributed by atoms with Gasteiger partial charge in [0, 0.05) is 11.6 Å². The van der Waals surface area contributed by atoms with Crippen LogP contribution in [0.3, 0.4) is 0 Å². The molecule has 1 unspecified atom stereocenters. The average molecular weight is 245 g/mol. The Labute approximate surface area is 110 Å². The lowest BCUT2D eigenvalue weighted by Crippen LogP contribution is -2.30. The molecule has 1 atom stereocenters. The Morgan fingerprint density at radius 2 is 2.06 bits per heavy atom. The van der Waals surface area contributed by atoms with Crippen LogP contribution in [0, 0.1) is 5.41 Å². The second kappa shape index (κ2) is 5.15. The van der Waals surface area contributed by atoms with Crippen molar-refractivity contribution in [2.24, 2.45) is 11.1 Å². The summed E-state index contributed by atoms with van der Waals surface area (Å²) in [6, 6.07) is 8.39. The van der Waals surface area contributed by atoms with Crippen LogP contribution in [0.25, 0.3) is 5.57 Å². The van der Waals surface area contributed by atoms with Crippen LogP contribution in [-0.4, -0.2) is 12.6 Å². The highest BCUT2D eigenvalue weighted by atomic mass is 16.5. The van der Waals surface area contributed by atoms with Gasteiger partial charge in [-0.25, -0.2) is 0 Å². The third-order valence-electron chi connectivity index (χ3n) is 3.41. The highest BCUT2D eigenvalue weighted by molar-refractivity contribution is 5.72. The molecule has 0 saturated carbocycles. The number of ether oxygens (including phenoxy) is 1. The van der Waals surface area contributed by atoms with Gasteiger partial charge in [0.05, 0.1) is 6.61 Å². The first-order valence-electron chi connectivity index (χ1n) is 6.70. The van der Waals surface area contributed by atoms with Crippen molar-refractivity contribution >= 4 is 5.57 Å². The molecule has 18 heavy (non-hydrogen) atoms. The summed E-state index contributed by atoms with van der Waals surface area (Å²) in [5, 5.41) is 0. The Hall–Kier alpha value is -1.28. The molecule has 98 valence electrons. The monoisotopic (exact) mass is 245 g/mol. The van der Waals surface area contributed by atoms with Crippen molar-refractivity contribution in [3.05, 3.63) is 35.9 Å². The molecule has 0 aliphatic heterocycles. The van der Waals surface area contributed by atoms with E-state index in [9.17, 15) is 0 Å². The highest BCUT2D eigenvalue weighted by Crippen LogP contribution is 2.41. The Balaban J connectivity index is 2.36. The van der Waals surface area contributed by atoms with Gasteiger partial charge in [-0.2, -0.15) is 0 Å². The summed E-state index contributed by atoms with van der Waals surface area (Å²) >= 11 is 0. The standard InChI is InChI=1S/C16H23NO/c1-4-18-15-8-6-5-7-14(15)12-9-13(17)11-16(2,3)10-12/h5-9,13H,4,10-11,17H2,1-3H3. The van der Waals surface area contributed by atoms with Crippen LogP contribution in [0.4, 0.5) is 0 Å². The molecule has 2 N–H and O–H groups in total. The first-order valence-corrected chi connectivity index (χ1v) is 6.70. The van der Waals surface area contributed by atoms with Crippen molar-refractivity contribution in [2.75, 3.05) is 6.61 Å². The van der Waals surface area contributed by atoms with Gasteiger partial charge in [0.2, 0.25) is 0 Å². The molecule has 2 heteroatoms. The van der Waals surface area contributed by atoms with Crippen molar-refractivity contribution in [1.82, 2.24) is 0 Å². The van der Waals surface area contributed by atoms with E-state index in [-0.39, 0.29) is 11.5 Å². The van der Waals surface area contributed by atoms with Crippen LogP contribution >= 0.6 is 0 Å². The molecule has 2 nitrogen and oxygen atoms in total. The van der Waals surface area contributed by atoms with E-state index in [1.807, 2.05) is 19.1 Å². The predicted molar refractivity (Wildman–Crippen MR) is 76.6 cm³/mol. The molecule has 2 rings (SSSR count). The minimum Gasteiger partial charge on any atom is -0.493 e. The van der Waals surface area contributed by atoms with Crippen molar-refractivity contribution in [2.45, 2.75) is 39.7 Å². The van der Waals surface area contributed by atoms with Gasteiger partial charge < -0.3 is 10.5 Å². The van der Waals surface area contributed by atoms with Crippen molar-refractivity contribution in [3.63, 3.8) is 0 Å². The normalized spacial score (nSPS) is 22.4. The van der Waals surface area contributed by atoms with Gasteiger partial charge in [-0.3, -0.25) is 0 Å².